The summed E-state index contributed by atoms with van der Waals surface area (Å²) < 4.78 is 23.4. The molecule has 7 heteroatoms. The van der Waals surface area contributed by atoms with Crippen LogP contribution in [0.1, 0.15) is 25.7 Å². The third kappa shape index (κ3) is 4.08. The van der Waals surface area contributed by atoms with E-state index in [2.05, 4.69) is 5.32 Å². The Hall–Kier alpha value is -1.60. The first-order valence-electron chi connectivity index (χ1n) is 8.45. The number of nitrogens with two attached hydrogens (primary N) is 1. The van der Waals surface area contributed by atoms with Crippen molar-refractivity contribution >= 4 is 16.7 Å². The van der Waals surface area contributed by atoms with Gasteiger partial charge < -0.3 is 20.5 Å². The van der Waals surface area contributed by atoms with Gasteiger partial charge in [-0.25, -0.2) is 0 Å². The molecule has 1 aliphatic carbocycles. The largest absolute Gasteiger partial charge is 0.486 e. The molecule has 3 atom stereocenters. The monoisotopic (exact) mass is 352 g/mol. The van der Waals surface area contributed by atoms with Crippen molar-refractivity contribution in [2.75, 3.05) is 25.5 Å². The van der Waals surface area contributed by atoms with Crippen LogP contribution < -0.4 is 20.5 Å². The van der Waals surface area contributed by atoms with Crippen LogP contribution in [0.3, 0.4) is 0 Å². The maximum absolute atomic E-state index is 12.4. The molecule has 1 heterocycles. The highest BCUT2D eigenvalue weighted by Gasteiger charge is 2.27. The van der Waals surface area contributed by atoms with Crippen molar-refractivity contribution in [3.63, 3.8) is 0 Å². The maximum Gasteiger partial charge on any atom is 0.221 e. The van der Waals surface area contributed by atoms with E-state index in [1.807, 2.05) is 0 Å². The molecule has 132 valence electrons. The van der Waals surface area contributed by atoms with Gasteiger partial charge in [0, 0.05) is 29.2 Å². The van der Waals surface area contributed by atoms with E-state index >= 15 is 0 Å². The fourth-order valence-corrected chi connectivity index (χ4v) is 4.32. The van der Waals surface area contributed by atoms with Crippen LogP contribution in [0.15, 0.2) is 23.1 Å². The third-order valence-corrected chi connectivity index (χ3v) is 5.95. The molecule has 0 saturated heterocycles. The number of nitrogens with one attached hydrogen (secondary N) is 1. The number of hydrogen-bond acceptors (Lipinski definition) is 5. The van der Waals surface area contributed by atoms with E-state index < -0.39 is 10.8 Å². The predicted molar refractivity (Wildman–Crippen MR) is 91.7 cm³/mol. The Bertz CT molecular complexity index is 623. The summed E-state index contributed by atoms with van der Waals surface area (Å²) in [5.74, 6) is 1.91. The average molecular weight is 352 g/mol. The summed E-state index contributed by atoms with van der Waals surface area (Å²) in [7, 11) is -1.24. The van der Waals surface area contributed by atoms with Gasteiger partial charge in [0.15, 0.2) is 11.5 Å². The molecular weight excluding hydrogens is 328 g/mol. The average Bonchev–Trinajstić information content (AvgIpc) is 3.06. The van der Waals surface area contributed by atoms with E-state index in [-0.39, 0.29) is 18.4 Å². The molecule has 1 amide bonds. The number of fused-ring (bicyclic) bond motifs is 1. The smallest absolute Gasteiger partial charge is 0.221 e. The quantitative estimate of drug-likeness (QED) is 0.803. The van der Waals surface area contributed by atoms with Crippen LogP contribution in [0.2, 0.25) is 0 Å². The van der Waals surface area contributed by atoms with Gasteiger partial charge in [-0.3, -0.25) is 9.00 Å². The van der Waals surface area contributed by atoms with Crippen LogP contribution in [0.5, 0.6) is 11.5 Å². The minimum atomic E-state index is -1.24. The molecule has 0 spiro atoms. The molecule has 0 radical (unpaired) electrons. The lowest BCUT2D eigenvalue weighted by Gasteiger charge is -2.19. The Morgan fingerprint density at radius 3 is 2.83 bits per heavy atom. The topological polar surface area (TPSA) is 90.7 Å². The normalized spacial score (nSPS) is 23.7. The van der Waals surface area contributed by atoms with Crippen LogP contribution in [-0.2, 0) is 15.6 Å². The van der Waals surface area contributed by atoms with Crippen LogP contribution in [0, 0.1) is 5.92 Å². The highest BCUT2D eigenvalue weighted by atomic mass is 32.2. The number of rotatable bonds is 6. The molecule has 1 fully saturated rings. The lowest BCUT2D eigenvalue weighted by molar-refractivity contribution is -0.121. The van der Waals surface area contributed by atoms with Crippen molar-refractivity contribution in [1.29, 1.82) is 0 Å². The minimum Gasteiger partial charge on any atom is -0.486 e. The van der Waals surface area contributed by atoms with Gasteiger partial charge in [-0.2, -0.15) is 0 Å². The fourth-order valence-electron chi connectivity index (χ4n) is 3.26. The van der Waals surface area contributed by atoms with E-state index in [0.29, 0.717) is 47.8 Å². The van der Waals surface area contributed by atoms with Gasteiger partial charge in [0.05, 0.1) is 10.8 Å². The molecule has 2 aliphatic rings. The highest BCUT2D eigenvalue weighted by molar-refractivity contribution is 7.85. The fraction of sp³-hybridized carbons (Fsp3) is 0.588. The summed E-state index contributed by atoms with van der Waals surface area (Å²) in [6, 6.07) is 5.45. The first-order chi connectivity index (χ1) is 11.7. The van der Waals surface area contributed by atoms with Crippen LogP contribution in [0.25, 0.3) is 0 Å². The molecular formula is C17H24N2O4S. The first-order valence-corrected chi connectivity index (χ1v) is 9.76. The van der Waals surface area contributed by atoms with Crippen molar-refractivity contribution in [1.82, 2.24) is 5.32 Å². The second kappa shape index (κ2) is 7.98. The Morgan fingerprint density at radius 2 is 2.04 bits per heavy atom. The van der Waals surface area contributed by atoms with Crippen molar-refractivity contribution in [3.8, 4) is 11.5 Å². The van der Waals surface area contributed by atoms with Gasteiger partial charge in [-0.1, -0.05) is 6.42 Å². The third-order valence-electron chi connectivity index (χ3n) is 4.60. The number of amides is 1. The molecule has 1 aromatic carbocycles. The number of carbonyl (C=O) groups is 1. The summed E-state index contributed by atoms with van der Waals surface area (Å²) >= 11 is 0. The van der Waals surface area contributed by atoms with E-state index in [9.17, 15) is 9.00 Å². The van der Waals surface area contributed by atoms with Gasteiger partial charge >= 0.3 is 0 Å². The van der Waals surface area contributed by atoms with Crippen LogP contribution >= 0.6 is 0 Å². The summed E-state index contributed by atoms with van der Waals surface area (Å²) in [6.07, 6.45) is 3.41. The second-order valence-corrected chi connectivity index (χ2v) is 7.78. The molecule has 3 unspecified atom stereocenters. The molecule has 0 aromatic heterocycles. The zero-order chi connectivity index (χ0) is 16.9. The zero-order valence-electron chi connectivity index (χ0n) is 13.7. The van der Waals surface area contributed by atoms with Crippen molar-refractivity contribution < 1.29 is 18.5 Å². The standard InChI is InChI=1S/C17H24N2O4S/c18-11-12-2-1-3-14(12)19-17(20)6-9-24(21)13-4-5-15-16(10-13)23-8-7-22-15/h4-5,10,12,14H,1-3,6-9,11,18H2,(H,19,20). The van der Waals surface area contributed by atoms with E-state index in [0.717, 1.165) is 19.3 Å². The van der Waals surface area contributed by atoms with Crippen molar-refractivity contribution in [2.45, 2.75) is 36.6 Å². The van der Waals surface area contributed by atoms with Crippen molar-refractivity contribution in [3.05, 3.63) is 18.2 Å². The zero-order valence-corrected chi connectivity index (χ0v) is 14.5. The molecule has 1 saturated carbocycles. The van der Waals surface area contributed by atoms with Gasteiger partial charge in [0.2, 0.25) is 5.91 Å². The predicted octanol–water partition coefficient (Wildman–Crippen LogP) is 1.20. The summed E-state index contributed by atoms with van der Waals surface area (Å²) in [6.45, 7) is 1.63. The second-order valence-electron chi connectivity index (χ2n) is 6.21. The molecule has 0 bridgehead atoms. The van der Waals surface area contributed by atoms with Gasteiger partial charge in [0.25, 0.3) is 0 Å². The molecule has 24 heavy (non-hydrogen) atoms. The molecule has 1 aromatic rings. The van der Waals surface area contributed by atoms with E-state index in [1.54, 1.807) is 18.2 Å². The van der Waals surface area contributed by atoms with Gasteiger partial charge in [-0.05, 0) is 37.4 Å². The maximum atomic E-state index is 12.4. The number of ether oxygens (including phenoxy) is 2. The lowest BCUT2D eigenvalue weighted by atomic mass is 10.0. The molecule has 3 rings (SSSR count). The van der Waals surface area contributed by atoms with E-state index in [4.69, 9.17) is 15.2 Å². The van der Waals surface area contributed by atoms with Crippen LogP contribution in [-0.4, -0.2) is 41.7 Å². The molecule has 1 aliphatic heterocycles. The number of carbonyl (C=O) groups excluding carboxylic acids is 1. The number of benzene rings is 1. The van der Waals surface area contributed by atoms with Gasteiger partial charge in [-0.15, -0.1) is 0 Å². The molecule has 6 nitrogen and oxygen atoms in total. The Labute approximate surface area is 144 Å². The Kier molecular flexibility index (Phi) is 5.73. The summed E-state index contributed by atoms with van der Waals surface area (Å²) in [4.78, 5) is 12.8. The lowest BCUT2D eigenvalue weighted by Crippen LogP contribution is -2.40. The summed E-state index contributed by atoms with van der Waals surface area (Å²) in [5.41, 5.74) is 5.73. The van der Waals surface area contributed by atoms with Gasteiger partial charge in [0.1, 0.15) is 13.2 Å². The Morgan fingerprint density at radius 1 is 1.25 bits per heavy atom. The Balaban J connectivity index is 1.51. The minimum absolute atomic E-state index is 0.0498. The number of hydrogen-bond donors (Lipinski definition) is 2. The SMILES string of the molecule is NCC1CCCC1NC(=O)CCS(=O)c1ccc2c(c1)OCCO2. The van der Waals surface area contributed by atoms with E-state index in [1.165, 1.54) is 0 Å². The highest BCUT2D eigenvalue weighted by Crippen LogP contribution is 2.32. The van der Waals surface area contributed by atoms with Crippen molar-refractivity contribution in [2.24, 2.45) is 11.7 Å². The van der Waals surface area contributed by atoms with Crippen LogP contribution in [0.4, 0.5) is 0 Å². The summed E-state index contributed by atoms with van der Waals surface area (Å²) in [5, 5.41) is 3.04. The first kappa shape index (κ1) is 17.2. The molecule has 3 N–H and O–H groups in total.